The second-order valence-corrected chi connectivity index (χ2v) is 5.78. The Bertz CT molecular complexity index is 522. The van der Waals surface area contributed by atoms with Crippen molar-refractivity contribution in [2.24, 2.45) is 0 Å². The third-order valence-corrected chi connectivity index (χ3v) is 3.34. The van der Waals surface area contributed by atoms with Gasteiger partial charge in [-0.25, -0.2) is 4.21 Å². The van der Waals surface area contributed by atoms with Crippen LogP contribution in [-0.4, -0.2) is 51.9 Å². The molecule has 0 saturated carbocycles. The minimum absolute atomic E-state index is 0.197. The van der Waals surface area contributed by atoms with Crippen LogP contribution < -0.4 is 4.74 Å². The van der Waals surface area contributed by atoms with E-state index in [0.29, 0.717) is 35.5 Å². The van der Waals surface area contributed by atoms with Crippen LogP contribution in [0.3, 0.4) is 0 Å². The van der Waals surface area contributed by atoms with Crippen LogP contribution in [0, 0.1) is 11.3 Å². The predicted octanol–water partition coefficient (Wildman–Crippen LogP) is 2.44. The van der Waals surface area contributed by atoms with Crippen molar-refractivity contribution in [2.45, 2.75) is 39.7 Å². The molecule has 1 N–H and O–H groups in total. The first kappa shape index (κ1) is 22.3. The van der Waals surface area contributed by atoms with E-state index < -0.39 is 6.10 Å². The molecule has 134 valence electrons. The number of nitrogens with zero attached hydrogens (tertiary/aromatic N) is 2. The Morgan fingerprint density at radius 3 is 2.46 bits per heavy atom. The van der Waals surface area contributed by atoms with E-state index in [-0.39, 0.29) is 6.61 Å². The quantitative estimate of drug-likeness (QED) is 0.691. The molecule has 1 aromatic rings. The first-order valence-corrected chi connectivity index (χ1v) is 9.05. The molecule has 1 aromatic carbocycles. The molecule has 1 atom stereocenters. The average molecular weight is 353 g/mol. The molecule has 5 nitrogen and oxygen atoms in total. The normalized spacial score (nSPS) is 11.0. The number of ether oxygens (including phenoxy) is 1. The van der Waals surface area contributed by atoms with E-state index in [1.807, 2.05) is 13.0 Å². The van der Waals surface area contributed by atoms with E-state index >= 15 is 0 Å². The zero-order chi connectivity index (χ0) is 18.2. The highest BCUT2D eigenvalue weighted by atomic mass is 32.1. The Morgan fingerprint density at radius 1 is 1.33 bits per heavy atom. The van der Waals surface area contributed by atoms with E-state index in [9.17, 15) is 9.32 Å². The molecular formula is C18H28N2O3S. The lowest BCUT2D eigenvalue weighted by molar-refractivity contribution is 0.0709. The number of likely N-dealkylation sites (N-methyl/N-ethyl adjacent to an activating group) is 1. The Balaban J connectivity index is 0.00000163. The fraction of sp³-hybridized carbons (Fsp3) is 0.556. The summed E-state index contributed by atoms with van der Waals surface area (Å²) in [5.74, 6) is 0.632. The SMILES string of the molecule is CCC.CCN(CCC=S=O)CC(O)COc1ccc(C#N)cc1. The maximum atomic E-state index is 10.3. The third-order valence-electron chi connectivity index (χ3n) is 2.97. The zero-order valence-electron chi connectivity index (χ0n) is 14.8. The van der Waals surface area contributed by atoms with Crippen molar-refractivity contribution >= 4 is 16.6 Å². The second-order valence-electron chi connectivity index (χ2n) is 5.25. The van der Waals surface area contributed by atoms with Gasteiger partial charge in [-0.15, -0.1) is 0 Å². The smallest absolute Gasteiger partial charge is 0.119 e. The largest absolute Gasteiger partial charge is 0.491 e. The minimum atomic E-state index is -0.597. The summed E-state index contributed by atoms with van der Waals surface area (Å²) < 4.78 is 15.8. The molecule has 0 radical (unpaired) electrons. The van der Waals surface area contributed by atoms with Gasteiger partial charge in [-0.2, -0.15) is 5.26 Å². The molecule has 0 amide bonds. The molecule has 1 rings (SSSR count). The van der Waals surface area contributed by atoms with Crippen LogP contribution in [0.1, 0.15) is 39.2 Å². The van der Waals surface area contributed by atoms with Crippen LogP contribution in [0.25, 0.3) is 0 Å². The first-order chi connectivity index (χ1) is 11.6. The third kappa shape index (κ3) is 10.9. The maximum Gasteiger partial charge on any atom is 0.119 e. The molecular weight excluding hydrogens is 324 g/mol. The first-order valence-electron chi connectivity index (χ1n) is 8.24. The molecule has 0 heterocycles. The van der Waals surface area contributed by atoms with Crippen molar-refractivity contribution in [1.29, 1.82) is 5.26 Å². The fourth-order valence-corrected chi connectivity index (χ4v) is 2.03. The summed E-state index contributed by atoms with van der Waals surface area (Å²) in [4.78, 5) is 2.07. The summed E-state index contributed by atoms with van der Waals surface area (Å²) in [6.07, 6.45) is 1.35. The summed E-state index contributed by atoms with van der Waals surface area (Å²) in [5, 5.41) is 20.3. The highest BCUT2D eigenvalue weighted by molar-refractivity contribution is 7.64. The Kier molecular flexibility index (Phi) is 13.8. The van der Waals surface area contributed by atoms with Gasteiger partial charge >= 0.3 is 0 Å². The molecule has 0 aliphatic rings. The van der Waals surface area contributed by atoms with Crippen LogP contribution >= 0.6 is 0 Å². The minimum Gasteiger partial charge on any atom is -0.491 e. The molecule has 1 unspecified atom stereocenters. The van der Waals surface area contributed by atoms with Crippen molar-refractivity contribution in [1.82, 2.24) is 4.90 Å². The molecule has 24 heavy (non-hydrogen) atoms. The van der Waals surface area contributed by atoms with Crippen LogP contribution in [0.4, 0.5) is 0 Å². The van der Waals surface area contributed by atoms with Crippen molar-refractivity contribution in [3.63, 3.8) is 0 Å². The number of nitriles is 1. The van der Waals surface area contributed by atoms with Crippen molar-refractivity contribution < 1.29 is 14.1 Å². The van der Waals surface area contributed by atoms with Gasteiger partial charge in [-0.3, -0.25) is 0 Å². The fourth-order valence-electron chi connectivity index (χ4n) is 1.83. The van der Waals surface area contributed by atoms with Crippen LogP contribution in [0.2, 0.25) is 0 Å². The van der Waals surface area contributed by atoms with E-state index in [0.717, 1.165) is 13.1 Å². The van der Waals surface area contributed by atoms with E-state index in [1.54, 1.807) is 29.6 Å². The number of hydrogen-bond donors (Lipinski definition) is 1. The topological polar surface area (TPSA) is 73.6 Å². The van der Waals surface area contributed by atoms with Gasteiger partial charge in [0.05, 0.1) is 22.9 Å². The molecule has 0 aromatic heterocycles. The standard InChI is InChI=1S/C15H20N2O3S.C3H8/c1-2-17(8-3-9-21-19)11-14(18)12-20-15-6-4-13(10-16)5-7-15;1-3-2/h4-7,9,14,18H,2-3,8,11-12H2,1H3;3H2,1-2H3. The highest BCUT2D eigenvalue weighted by Crippen LogP contribution is 2.11. The predicted molar refractivity (Wildman–Crippen MR) is 99.6 cm³/mol. The average Bonchev–Trinajstić information content (AvgIpc) is 2.60. The van der Waals surface area contributed by atoms with Gasteiger partial charge in [0, 0.05) is 18.5 Å². The van der Waals surface area contributed by atoms with Crippen molar-refractivity contribution in [2.75, 3.05) is 26.2 Å². The molecule has 0 bridgehead atoms. The summed E-state index contributed by atoms with van der Waals surface area (Å²) in [5.41, 5.74) is 0.576. The van der Waals surface area contributed by atoms with Crippen molar-refractivity contribution in [3.05, 3.63) is 29.8 Å². The van der Waals surface area contributed by atoms with Gasteiger partial charge in [-0.05, 0) is 37.2 Å². The van der Waals surface area contributed by atoms with Gasteiger partial charge < -0.3 is 14.7 Å². The molecule has 0 aliphatic heterocycles. The Labute approximate surface area is 148 Å². The van der Waals surface area contributed by atoms with Crippen molar-refractivity contribution in [3.8, 4) is 11.8 Å². The van der Waals surface area contributed by atoms with E-state index in [2.05, 4.69) is 18.7 Å². The molecule has 0 spiro atoms. The van der Waals surface area contributed by atoms with Crippen LogP contribution in [-0.2, 0) is 11.3 Å². The molecule has 6 heteroatoms. The second kappa shape index (κ2) is 14.9. The lowest BCUT2D eigenvalue weighted by Gasteiger charge is -2.22. The highest BCUT2D eigenvalue weighted by Gasteiger charge is 2.10. The maximum absolute atomic E-state index is 10.3. The van der Waals surface area contributed by atoms with E-state index in [4.69, 9.17) is 10.00 Å². The number of hydrogen-bond acceptors (Lipinski definition) is 5. The number of benzene rings is 1. The van der Waals surface area contributed by atoms with Gasteiger partial charge in [0.1, 0.15) is 18.5 Å². The van der Waals surface area contributed by atoms with Gasteiger partial charge in [-0.1, -0.05) is 27.2 Å². The lowest BCUT2D eigenvalue weighted by atomic mass is 10.2. The summed E-state index contributed by atoms with van der Waals surface area (Å²) in [6, 6.07) is 8.82. The van der Waals surface area contributed by atoms with Crippen LogP contribution in [0.5, 0.6) is 5.75 Å². The molecule has 0 saturated heterocycles. The van der Waals surface area contributed by atoms with E-state index in [1.165, 1.54) is 6.42 Å². The number of aliphatic hydroxyl groups excluding tert-OH is 1. The van der Waals surface area contributed by atoms with Gasteiger partial charge in [0.15, 0.2) is 0 Å². The monoisotopic (exact) mass is 352 g/mol. The Hall–Kier alpha value is -1.68. The molecule has 0 aliphatic carbocycles. The number of aliphatic hydroxyl groups is 1. The van der Waals surface area contributed by atoms with Gasteiger partial charge in [0.25, 0.3) is 0 Å². The van der Waals surface area contributed by atoms with Crippen LogP contribution in [0.15, 0.2) is 24.3 Å². The number of rotatable bonds is 9. The Morgan fingerprint density at radius 2 is 1.96 bits per heavy atom. The lowest BCUT2D eigenvalue weighted by Crippen LogP contribution is -2.36. The summed E-state index contributed by atoms with van der Waals surface area (Å²) >= 11 is 0.472. The summed E-state index contributed by atoms with van der Waals surface area (Å²) in [7, 11) is 0. The zero-order valence-corrected chi connectivity index (χ0v) is 15.6. The van der Waals surface area contributed by atoms with Gasteiger partial charge in [0.2, 0.25) is 0 Å². The molecule has 0 fully saturated rings. The summed E-state index contributed by atoms with van der Waals surface area (Å²) in [6.45, 7) is 8.52.